The Morgan fingerprint density at radius 1 is 1.07 bits per heavy atom. The summed E-state index contributed by atoms with van der Waals surface area (Å²) in [5, 5.41) is 0. The molecule has 0 aliphatic carbocycles. The van der Waals surface area contributed by atoms with E-state index in [9.17, 15) is 13.2 Å². The van der Waals surface area contributed by atoms with Crippen molar-refractivity contribution in [3.63, 3.8) is 0 Å². The first-order chi connectivity index (χ1) is 12.9. The van der Waals surface area contributed by atoms with Gasteiger partial charge in [-0.15, -0.1) is 0 Å². The summed E-state index contributed by atoms with van der Waals surface area (Å²) in [5.74, 6) is 0.747. The molecule has 1 aliphatic rings. The fourth-order valence-electron chi connectivity index (χ4n) is 2.98. The predicted molar refractivity (Wildman–Crippen MR) is 106 cm³/mol. The van der Waals surface area contributed by atoms with Gasteiger partial charge < -0.3 is 9.64 Å². The number of carbonyl (C=O) groups is 1. The van der Waals surface area contributed by atoms with Crippen molar-refractivity contribution in [2.45, 2.75) is 11.3 Å². The van der Waals surface area contributed by atoms with Gasteiger partial charge in [0.1, 0.15) is 5.75 Å². The molecule has 0 N–H and O–H groups in total. The van der Waals surface area contributed by atoms with Crippen LogP contribution in [0.5, 0.6) is 5.75 Å². The Bertz CT molecular complexity index is 908. The van der Waals surface area contributed by atoms with Crippen molar-refractivity contribution in [3.05, 3.63) is 58.6 Å². The average Bonchev–Trinajstić information content (AvgIpc) is 2.68. The van der Waals surface area contributed by atoms with Crippen LogP contribution in [0.15, 0.2) is 57.9 Å². The van der Waals surface area contributed by atoms with E-state index in [1.807, 2.05) is 24.3 Å². The van der Waals surface area contributed by atoms with Gasteiger partial charge in [0.15, 0.2) is 0 Å². The highest BCUT2D eigenvalue weighted by atomic mass is 79.9. The van der Waals surface area contributed by atoms with Gasteiger partial charge >= 0.3 is 0 Å². The zero-order valence-electron chi connectivity index (χ0n) is 15.0. The molecule has 8 heteroatoms. The molecule has 27 heavy (non-hydrogen) atoms. The number of halogens is 1. The Balaban J connectivity index is 1.60. The minimum atomic E-state index is -3.55. The summed E-state index contributed by atoms with van der Waals surface area (Å²) < 4.78 is 32.8. The number of methoxy groups -OCH3 is 1. The number of sulfonamides is 1. The number of nitrogens with zero attached hydrogens (tertiary/aromatic N) is 2. The Kier molecular flexibility index (Phi) is 6.18. The summed E-state index contributed by atoms with van der Waals surface area (Å²) in [5.41, 5.74) is 0.907. The maximum atomic E-state index is 12.8. The van der Waals surface area contributed by atoms with Gasteiger partial charge in [0.05, 0.1) is 18.4 Å². The molecule has 0 spiro atoms. The minimum Gasteiger partial charge on any atom is -0.497 e. The van der Waals surface area contributed by atoms with Crippen molar-refractivity contribution in [1.29, 1.82) is 0 Å². The smallest absolute Gasteiger partial charge is 0.243 e. The molecule has 144 valence electrons. The maximum absolute atomic E-state index is 12.8. The lowest BCUT2D eigenvalue weighted by Crippen LogP contribution is -2.50. The van der Waals surface area contributed by atoms with Crippen LogP contribution >= 0.6 is 15.9 Å². The molecule has 0 aromatic heterocycles. The third-order valence-corrected chi connectivity index (χ3v) is 6.93. The summed E-state index contributed by atoms with van der Waals surface area (Å²) in [4.78, 5) is 14.5. The van der Waals surface area contributed by atoms with Gasteiger partial charge in [-0.05, 0) is 35.9 Å². The van der Waals surface area contributed by atoms with Crippen molar-refractivity contribution in [2.75, 3.05) is 33.3 Å². The topological polar surface area (TPSA) is 66.9 Å². The van der Waals surface area contributed by atoms with Crippen LogP contribution in [0.3, 0.4) is 0 Å². The van der Waals surface area contributed by atoms with Crippen LogP contribution in [0, 0.1) is 0 Å². The van der Waals surface area contributed by atoms with Gasteiger partial charge in [0.25, 0.3) is 0 Å². The molecule has 1 amide bonds. The Labute approximate surface area is 167 Å². The van der Waals surface area contributed by atoms with E-state index < -0.39 is 10.0 Å². The molecule has 1 fully saturated rings. The highest BCUT2D eigenvalue weighted by Gasteiger charge is 2.30. The molecule has 0 atom stereocenters. The lowest BCUT2D eigenvalue weighted by Gasteiger charge is -2.34. The molecular formula is C19H21BrN2O4S. The van der Waals surface area contributed by atoms with Gasteiger partial charge in [0.2, 0.25) is 15.9 Å². The van der Waals surface area contributed by atoms with Gasteiger partial charge in [-0.2, -0.15) is 4.31 Å². The number of hydrogen-bond donors (Lipinski definition) is 0. The van der Waals surface area contributed by atoms with Crippen LogP contribution in [0.1, 0.15) is 5.56 Å². The Morgan fingerprint density at radius 3 is 2.33 bits per heavy atom. The highest BCUT2D eigenvalue weighted by molar-refractivity contribution is 9.10. The molecule has 0 unspecified atom stereocenters. The summed E-state index contributed by atoms with van der Waals surface area (Å²) in [6, 6.07) is 14.0. The second kappa shape index (κ2) is 8.41. The normalized spacial score (nSPS) is 15.6. The zero-order valence-corrected chi connectivity index (χ0v) is 17.4. The van der Waals surface area contributed by atoms with Crippen molar-refractivity contribution >= 4 is 31.9 Å². The molecule has 0 radical (unpaired) electrons. The molecule has 1 heterocycles. The fourth-order valence-corrected chi connectivity index (χ4v) is 5.00. The number of ether oxygens (including phenoxy) is 1. The number of amides is 1. The molecule has 0 bridgehead atoms. The standard InChI is InChI=1S/C19H21BrN2O4S/c1-26-17-7-5-15(6-8-17)13-19(23)21-9-11-22(12-10-21)27(24,25)18-4-2-3-16(20)14-18/h2-8,14H,9-13H2,1H3. The van der Waals surface area contributed by atoms with E-state index in [1.165, 1.54) is 4.31 Å². The third-order valence-electron chi connectivity index (χ3n) is 4.54. The average molecular weight is 453 g/mol. The predicted octanol–water partition coefficient (Wildman–Crippen LogP) is 2.53. The van der Waals surface area contributed by atoms with E-state index in [-0.39, 0.29) is 10.8 Å². The quantitative estimate of drug-likeness (QED) is 0.698. The summed E-state index contributed by atoms with van der Waals surface area (Å²) in [6.45, 7) is 1.37. The second-order valence-corrected chi connectivity index (χ2v) is 9.12. The van der Waals surface area contributed by atoms with Crippen LogP contribution in [0.25, 0.3) is 0 Å². The van der Waals surface area contributed by atoms with Crippen molar-refractivity contribution in [1.82, 2.24) is 9.21 Å². The number of piperazine rings is 1. The van der Waals surface area contributed by atoms with Crippen LogP contribution in [0.4, 0.5) is 0 Å². The molecular weight excluding hydrogens is 432 g/mol. The molecule has 2 aromatic rings. The van der Waals surface area contributed by atoms with Crippen molar-refractivity contribution in [3.8, 4) is 5.75 Å². The lowest BCUT2D eigenvalue weighted by molar-refractivity contribution is -0.131. The van der Waals surface area contributed by atoms with Gasteiger partial charge in [0, 0.05) is 30.7 Å². The van der Waals surface area contributed by atoms with Crippen molar-refractivity contribution < 1.29 is 17.9 Å². The number of benzene rings is 2. The van der Waals surface area contributed by atoms with Gasteiger partial charge in [-0.1, -0.05) is 34.1 Å². The largest absolute Gasteiger partial charge is 0.497 e. The van der Waals surface area contributed by atoms with Crippen LogP contribution in [-0.4, -0.2) is 56.8 Å². The van der Waals surface area contributed by atoms with E-state index in [4.69, 9.17) is 4.74 Å². The zero-order chi connectivity index (χ0) is 19.4. The lowest BCUT2D eigenvalue weighted by atomic mass is 10.1. The van der Waals surface area contributed by atoms with E-state index in [0.717, 1.165) is 15.8 Å². The fraction of sp³-hybridized carbons (Fsp3) is 0.316. The molecule has 1 aliphatic heterocycles. The molecule has 6 nitrogen and oxygen atoms in total. The monoisotopic (exact) mass is 452 g/mol. The molecule has 0 saturated carbocycles. The second-order valence-electron chi connectivity index (χ2n) is 6.27. The first kappa shape index (κ1) is 19.9. The summed E-state index contributed by atoms with van der Waals surface area (Å²) in [6.07, 6.45) is 0.294. The third kappa shape index (κ3) is 4.69. The summed E-state index contributed by atoms with van der Waals surface area (Å²) in [7, 11) is -1.95. The molecule has 1 saturated heterocycles. The highest BCUT2D eigenvalue weighted by Crippen LogP contribution is 2.21. The van der Waals surface area contributed by atoms with E-state index in [1.54, 1.807) is 36.3 Å². The number of rotatable bonds is 5. The summed E-state index contributed by atoms with van der Waals surface area (Å²) >= 11 is 3.30. The van der Waals surface area contributed by atoms with Gasteiger partial charge in [-0.25, -0.2) is 8.42 Å². The Hall–Kier alpha value is -1.90. The number of hydrogen-bond acceptors (Lipinski definition) is 4. The SMILES string of the molecule is COc1ccc(CC(=O)N2CCN(S(=O)(=O)c3cccc(Br)c3)CC2)cc1. The maximum Gasteiger partial charge on any atom is 0.243 e. The van der Waals surface area contributed by atoms with Crippen LogP contribution < -0.4 is 4.74 Å². The van der Waals surface area contributed by atoms with E-state index in [0.29, 0.717) is 32.6 Å². The minimum absolute atomic E-state index is 0.000305. The van der Waals surface area contributed by atoms with Gasteiger partial charge in [-0.3, -0.25) is 4.79 Å². The van der Waals surface area contributed by atoms with E-state index in [2.05, 4.69) is 15.9 Å². The number of carbonyl (C=O) groups excluding carboxylic acids is 1. The first-order valence-corrected chi connectivity index (χ1v) is 10.8. The Morgan fingerprint density at radius 2 is 1.74 bits per heavy atom. The molecule has 2 aromatic carbocycles. The van der Waals surface area contributed by atoms with Crippen LogP contribution in [-0.2, 0) is 21.2 Å². The van der Waals surface area contributed by atoms with Crippen LogP contribution in [0.2, 0.25) is 0 Å². The van der Waals surface area contributed by atoms with E-state index >= 15 is 0 Å². The van der Waals surface area contributed by atoms with Crippen molar-refractivity contribution in [2.24, 2.45) is 0 Å². The molecule has 3 rings (SSSR count). The first-order valence-electron chi connectivity index (χ1n) is 8.56.